The Bertz CT molecular complexity index is 894. The molecule has 0 radical (unpaired) electrons. The van der Waals surface area contributed by atoms with Crippen molar-refractivity contribution in [3.05, 3.63) is 48.0 Å². The van der Waals surface area contributed by atoms with Crippen LogP contribution in [-0.2, 0) is 16.5 Å². The van der Waals surface area contributed by atoms with Gasteiger partial charge in [-0.3, -0.25) is 4.55 Å². The summed E-state index contributed by atoms with van der Waals surface area (Å²) in [7, 11) is -4.54. The van der Waals surface area contributed by atoms with Crippen molar-refractivity contribution < 1.29 is 22.8 Å². The highest BCUT2D eigenvalue weighted by Crippen LogP contribution is 2.38. The molecule has 0 bridgehead atoms. The van der Waals surface area contributed by atoms with E-state index < -0.39 is 15.0 Å². The van der Waals surface area contributed by atoms with Crippen LogP contribution in [0.5, 0.6) is 17.2 Å². The van der Waals surface area contributed by atoms with Gasteiger partial charge in [0.2, 0.25) is 0 Å². The van der Waals surface area contributed by atoms with Gasteiger partial charge in [0.25, 0.3) is 10.1 Å². The Labute approximate surface area is 193 Å². The summed E-state index contributed by atoms with van der Waals surface area (Å²) in [5.41, 5.74) is 0.669. The van der Waals surface area contributed by atoms with Gasteiger partial charge in [0, 0.05) is 0 Å². The summed E-state index contributed by atoms with van der Waals surface area (Å²) in [6.45, 7) is 2.24. The molecular formula is C26H38O5S. The molecule has 2 aromatic rings. The minimum atomic E-state index is -4.54. The van der Waals surface area contributed by atoms with Gasteiger partial charge in [0.05, 0.1) is 0 Å². The van der Waals surface area contributed by atoms with Gasteiger partial charge < -0.3 is 9.84 Å². The van der Waals surface area contributed by atoms with Crippen LogP contribution in [-0.4, -0.2) is 18.1 Å². The molecule has 0 aliphatic carbocycles. The summed E-state index contributed by atoms with van der Waals surface area (Å²) in [6.07, 6.45) is 15.6. The fourth-order valence-corrected chi connectivity index (χ4v) is 4.54. The first-order valence-corrected chi connectivity index (χ1v) is 13.4. The molecule has 32 heavy (non-hydrogen) atoms. The Morgan fingerprint density at radius 3 is 1.84 bits per heavy atom. The molecular weight excluding hydrogens is 424 g/mol. The molecule has 0 saturated heterocycles. The van der Waals surface area contributed by atoms with Crippen LogP contribution in [0.25, 0.3) is 0 Å². The third-order valence-electron chi connectivity index (χ3n) is 5.66. The summed E-state index contributed by atoms with van der Waals surface area (Å²) in [4.78, 5) is -0.407. The molecule has 6 heteroatoms. The first-order chi connectivity index (χ1) is 15.4. The van der Waals surface area contributed by atoms with Crippen LogP contribution in [0.2, 0.25) is 0 Å². The molecule has 5 nitrogen and oxygen atoms in total. The van der Waals surface area contributed by atoms with Gasteiger partial charge in [-0.05, 0) is 42.7 Å². The smallest absolute Gasteiger partial charge is 0.298 e. The lowest BCUT2D eigenvalue weighted by Gasteiger charge is -2.13. The predicted molar refractivity (Wildman–Crippen MR) is 129 cm³/mol. The molecule has 0 aliphatic rings. The maximum atomic E-state index is 11.9. The van der Waals surface area contributed by atoms with Crippen LogP contribution in [0, 0.1) is 0 Å². The highest BCUT2D eigenvalue weighted by Gasteiger charge is 2.22. The normalized spacial score (nSPS) is 11.6. The second-order valence-corrected chi connectivity index (χ2v) is 9.86. The molecule has 0 spiro atoms. The molecule has 178 valence electrons. The van der Waals surface area contributed by atoms with E-state index in [1.54, 1.807) is 30.3 Å². The Morgan fingerprint density at radius 1 is 0.781 bits per heavy atom. The maximum absolute atomic E-state index is 11.9. The number of rotatable bonds is 16. The lowest BCUT2D eigenvalue weighted by atomic mass is 10.0. The van der Waals surface area contributed by atoms with Crippen molar-refractivity contribution in [2.24, 2.45) is 0 Å². The van der Waals surface area contributed by atoms with Gasteiger partial charge in [-0.15, -0.1) is 0 Å². The lowest BCUT2D eigenvalue weighted by molar-refractivity contribution is 0.396. The van der Waals surface area contributed by atoms with Crippen LogP contribution in [0.1, 0.15) is 89.5 Å². The fraction of sp³-hybridized carbons (Fsp3) is 0.538. The Kier molecular flexibility index (Phi) is 11.6. The second-order valence-electron chi connectivity index (χ2n) is 8.47. The van der Waals surface area contributed by atoms with Crippen molar-refractivity contribution in [1.82, 2.24) is 0 Å². The number of aromatic hydroxyl groups is 1. The summed E-state index contributed by atoms with van der Waals surface area (Å²) in [6, 6.07) is 11.5. The highest BCUT2D eigenvalue weighted by molar-refractivity contribution is 7.86. The van der Waals surface area contributed by atoms with Crippen molar-refractivity contribution in [3.63, 3.8) is 0 Å². The standard InChI is InChI=1S/C26H38O5S/c1-2-3-4-5-6-7-8-9-10-11-12-14-17-22-20-24(27)26(25(21-22)32(28,29)30)31-23-18-15-13-16-19-23/h13,15-16,18-21,27H,2-12,14,17H2,1H3,(H,28,29,30). The van der Waals surface area contributed by atoms with Crippen LogP contribution < -0.4 is 4.74 Å². The molecule has 2 N–H and O–H groups in total. The number of benzene rings is 2. The van der Waals surface area contributed by atoms with E-state index in [4.69, 9.17) is 4.74 Å². The molecule has 2 aromatic carbocycles. The summed E-state index contributed by atoms with van der Waals surface area (Å²) >= 11 is 0. The number of hydrogen-bond donors (Lipinski definition) is 2. The first kappa shape index (κ1) is 26.2. The lowest BCUT2D eigenvalue weighted by Crippen LogP contribution is -2.03. The minimum Gasteiger partial charge on any atom is -0.504 e. The molecule has 0 fully saturated rings. The number of para-hydroxylation sites is 1. The summed E-state index contributed by atoms with van der Waals surface area (Å²) in [5.74, 6) is -0.170. The molecule has 0 unspecified atom stereocenters. The molecule has 2 rings (SSSR count). The van der Waals surface area contributed by atoms with E-state index in [1.807, 2.05) is 0 Å². The predicted octanol–water partition coefficient (Wildman–Crippen LogP) is 7.67. The van der Waals surface area contributed by atoms with E-state index in [1.165, 1.54) is 69.9 Å². The molecule has 0 aliphatic heterocycles. The van der Waals surface area contributed by atoms with Crippen molar-refractivity contribution in [1.29, 1.82) is 0 Å². The number of phenolic OH excluding ortho intramolecular Hbond substituents is 1. The Balaban J connectivity index is 1.78. The topological polar surface area (TPSA) is 83.8 Å². The van der Waals surface area contributed by atoms with Crippen LogP contribution in [0.4, 0.5) is 0 Å². The summed E-state index contributed by atoms with van der Waals surface area (Å²) < 4.78 is 39.0. The molecule has 0 heterocycles. The number of aryl methyl sites for hydroxylation is 1. The van der Waals surface area contributed by atoms with Crippen molar-refractivity contribution in [2.75, 3.05) is 0 Å². The van der Waals surface area contributed by atoms with Gasteiger partial charge in [-0.1, -0.05) is 95.8 Å². The largest absolute Gasteiger partial charge is 0.504 e. The summed E-state index contributed by atoms with van der Waals surface area (Å²) in [5, 5.41) is 10.4. The third kappa shape index (κ3) is 9.61. The van der Waals surface area contributed by atoms with Crippen LogP contribution >= 0.6 is 0 Å². The van der Waals surface area contributed by atoms with Crippen molar-refractivity contribution in [3.8, 4) is 17.2 Å². The highest BCUT2D eigenvalue weighted by atomic mass is 32.2. The molecule has 0 aromatic heterocycles. The SMILES string of the molecule is CCCCCCCCCCCCCCc1cc(O)c(Oc2ccccc2)c(S(=O)(=O)O)c1. The van der Waals surface area contributed by atoms with Crippen molar-refractivity contribution >= 4 is 10.1 Å². The zero-order valence-electron chi connectivity index (χ0n) is 19.3. The average Bonchev–Trinajstić information content (AvgIpc) is 2.76. The molecule has 0 amide bonds. The number of unbranched alkanes of at least 4 members (excludes halogenated alkanes) is 11. The van der Waals surface area contributed by atoms with Crippen molar-refractivity contribution in [2.45, 2.75) is 95.3 Å². The first-order valence-electron chi connectivity index (χ1n) is 12.0. The van der Waals surface area contributed by atoms with Gasteiger partial charge in [0.1, 0.15) is 10.6 Å². The fourth-order valence-electron chi connectivity index (χ4n) is 3.86. The van der Waals surface area contributed by atoms with E-state index in [9.17, 15) is 18.1 Å². The zero-order valence-corrected chi connectivity index (χ0v) is 20.1. The molecule has 0 saturated carbocycles. The van der Waals surface area contributed by atoms with E-state index >= 15 is 0 Å². The Morgan fingerprint density at radius 2 is 1.31 bits per heavy atom. The quantitative estimate of drug-likeness (QED) is 0.197. The van der Waals surface area contributed by atoms with E-state index in [-0.39, 0.29) is 11.5 Å². The van der Waals surface area contributed by atoms with Gasteiger partial charge in [-0.25, -0.2) is 0 Å². The number of ether oxygens (including phenoxy) is 1. The van der Waals surface area contributed by atoms with Crippen LogP contribution in [0.3, 0.4) is 0 Å². The second kappa shape index (κ2) is 14.2. The van der Waals surface area contributed by atoms with E-state index in [2.05, 4.69) is 6.92 Å². The minimum absolute atomic E-state index is 0.253. The van der Waals surface area contributed by atoms with E-state index in [0.717, 1.165) is 19.3 Å². The van der Waals surface area contributed by atoms with Crippen LogP contribution in [0.15, 0.2) is 47.4 Å². The molecule has 0 atom stereocenters. The monoisotopic (exact) mass is 462 g/mol. The third-order valence-corrected chi connectivity index (χ3v) is 6.51. The number of phenols is 1. The van der Waals surface area contributed by atoms with Gasteiger partial charge >= 0.3 is 0 Å². The number of hydrogen-bond acceptors (Lipinski definition) is 4. The van der Waals surface area contributed by atoms with E-state index in [0.29, 0.717) is 17.7 Å². The Hall–Kier alpha value is -2.05. The average molecular weight is 463 g/mol. The maximum Gasteiger partial charge on any atom is 0.298 e. The van der Waals surface area contributed by atoms with Gasteiger partial charge in [-0.2, -0.15) is 8.42 Å². The zero-order chi connectivity index (χ0) is 23.2. The van der Waals surface area contributed by atoms with Gasteiger partial charge in [0.15, 0.2) is 11.5 Å².